The number of halogens is 5. The highest BCUT2D eigenvalue weighted by Gasteiger charge is 2.35. The maximum absolute atomic E-state index is 14.4. The molecule has 1 N–H and O–H groups in total. The Morgan fingerprint density at radius 2 is 1.84 bits per heavy atom. The molecule has 2 amide bonds. The molecular formula is C27H23ClF4N2O4. The lowest BCUT2D eigenvalue weighted by Crippen LogP contribution is -2.36. The van der Waals surface area contributed by atoms with Gasteiger partial charge in [0.1, 0.15) is 17.3 Å². The van der Waals surface area contributed by atoms with Crippen LogP contribution >= 0.6 is 11.6 Å². The van der Waals surface area contributed by atoms with Crippen LogP contribution in [0.25, 0.3) is 0 Å². The number of amides is 2. The van der Waals surface area contributed by atoms with Crippen LogP contribution in [0.4, 0.5) is 23.2 Å². The summed E-state index contributed by atoms with van der Waals surface area (Å²) < 4.78 is 64.0. The van der Waals surface area contributed by atoms with Gasteiger partial charge in [-0.3, -0.25) is 9.59 Å². The van der Waals surface area contributed by atoms with Crippen LogP contribution in [-0.2, 0) is 30.4 Å². The van der Waals surface area contributed by atoms with E-state index in [1.807, 2.05) is 0 Å². The van der Waals surface area contributed by atoms with E-state index in [4.69, 9.17) is 21.1 Å². The zero-order valence-electron chi connectivity index (χ0n) is 20.4. The topological polar surface area (TPSA) is 67.9 Å². The lowest BCUT2D eigenvalue weighted by Gasteiger charge is -2.31. The highest BCUT2D eigenvalue weighted by Crippen LogP contribution is 2.35. The summed E-state index contributed by atoms with van der Waals surface area (Å²) in [7, 11) is 2.97. The first-order valence-electron chi connectivity index (χ1n) is 11.5. The second-order valence-electron chi connectivity index (χ2n) is 8.60. The van der Waals surface area contributed by atoms with E-state index in [9.17, 15) is 27.2 Å². The lowest BCUT2D eigenvalue weighted by atomic mass is 9.96. The van der Waals surface area contributed by atoms with Gasteiger partial charge in [0, 0.05) is 19.2 Å². The van der Waals surface area contributed by atoms with Gasteiger partial charge >= 0.3 is 6.18 Å². The molecule has 3 aromatic rings. The third-order valence-corrected chi connectivity index (χ3v) is 6.59. The van der Waals surface area contributed by atoms with Crippen molar-refractivity contribution in [1.29, 1.82) is 0 Å². The SMILES string of the molecule is COc1ccc(C(=O)N2CCc3c(ccc(Cl)c3NC(=O)Cc3cccc(C(F)(F)F)c3F)C2)c(OC)c1. The Labute approximate surface area is 221 Å². The molecule has 0 saturated carbocycles. The highest BCUT2D eigenvalue weighted by atomic mass is 35.5. The number of anilines is 1. The largest absolute Gasteiger partial charge is 0.497 e. The van der Waals surface area contributed by atoms with Gasteiger partial charge in [-0.25, -0.2) is 4.39 Å². The van der Waals surface area contributed by atoms with Crippen molar-refractivity contribution in [2.24, 2.45) is 0 Å². The van der Waals surface area contributed by atoms with Crippen molar-refractivity contribution in [1.82, 2.24) is 4.90 Å². The summed E-state index contributed by atoms with van der Waals surface area (Å²) in [5.41, 5.74) is 0.265. The van der Waals surface area contributed by atoms with E-state index in [0.717, 1.165) is 17.7 Å². The van der Waals surface area contributed by atoms with Gasteiger partial charge in [0.05, 0.1) is 42.5 Å². The van der Waals surface area contributed by atoms with Crippen molar-refractivity contribution in [3.63, 3.8) is 0 Å². The molecule has 11 heteroatoms. The van der Waals surface area contributed by atoms with Crippen molar-refractivity contribution in [3.8, 4) is 11.5 Å². The summed E-state index contributed by atoms with van der Waals surface area (Å²) in [6.07, 6.45) is -5.14. The molecule has 1 aliphatic rings. The molecular weight excluding hydrogens is 528 g/mol. The van der Waals surface area contributed by atoms with E-state index >= 15 is 0 Å². The van der Waals surface area contributed by atoms with Crippen LogP contribution < -0.4 is 14.8 Å². The van der Waals surface area contributed by atoms with Gasteiger partial charge in [0.25, 0.3) is 5.91 Å². The third kappa shape index (κ3) is 5.55. The number of rotatable bonds is 6. The summed E-state index contributed by atoms with van der Waals surface area (Å²) in [6, 6.07) is 11.0. The van der Waals surface area contributed by atoms with Gasteiger partial charge in [-0.1, -0.05) is 29.8 Å². The van der Waals surface area contributed by atoms with Crippen molar-refractivity contribution < 1.29 is 36.6 Å². The van der Waals surface area contributed by atoms with Crippen LogP contribution in [0.15, 0.2) is 48.5 Å². The summed E-state index contributed by atoms with van der Waals surface area (Å²) in [6.45, 7) is 0.540. The molecule has 0 saturated heterocycles. The molecule has 0 aliphatic carbocycles. The molecule has 4 rings (SSSR count). The fraction of sp³-hybridized carbons (Fsp3) is 0.259. The summed E-state index contributed by atoms with van der Waals surface area (Å²) in [4.78, 5) is 27.6. The van der Waals surface area contributed by atoms with Gasteiger partial charge < -0.3 is 19.7 Å². The Morgan fingerprint density at radius 3 is 2.53 bits per heavy atom. The Hall–Kier alpha value is -3.79. The molecule has 0 bridgehead atoms. The second-order valence-corrected chi connectivity index (χ2v) is 9.01. The number of fused-ring (bicyclic) bond motifs is 1. The van der Waals surface area contributed by atoms with E-state index in [2.05, 4.69) is 5.32 Å². The van der Waals surface area contributed by atoms with Crippen LogP contribution in [0.1, 0.15) is 32.6 Å². The number of hydrogen-bond donors (Lipinski definition) is 1. The average Bonchev–Trinajstić information content (AvgIpc) is 2.89. The fourth-order valence-corrected chi connectivity index (χ4v) is 4.60. The predicted octanol–water partition coefficient (Wildman–Crippen LogP) is 5.89. The molecule has 0 aromatic heterocycles. The van der Waals surface area contributed by atoms with E-state index in [0.29, 0.717) is 41.7 Å². The Bertz CT molecular complexity index is 1390. The molecule has 0 unspecified atom stereocenters. The number of nitrogens with zero attached hydrogens (tertiary/aromatic N) is 1. The Balaban J connectivity index is 1.53. The average molecular weight is 551 g/mol. The molecule has 3 aromatic carbocycles. The number of alkyl halides is 3. The molecule has 200 valence electrons. The first-order valence-corrected chi connectivity index (χ1v) is 11.9. The molecule has 6 nitrogen and oxygen atoms in total. The van der Waals surface area contributed by atoms with Gasteiger partial charge in [-0.05, 0) is 47.4 Å². The molecule has 1 aliphatic heterocycles. The van der Waals surface area contributed by atoms with Crippen LogP contribution in [0.3, 0.4) is 0 Å². The van der Waals surface area contributed by atoms with Gasteiger partial charge in [-0.15, -0.1) is 0 Å². The zero-order valence-corrected chi connectivity index (χ0v) is 21.2. The molecule has 38 heavy (non-hydrogen) atoms. The minimum absolute atomic E-state index is 0.221. The molecule has 0 fully saturated rings. The van der Waals surface area contributed by atoms with E-state index < -0.39 is 29.9 Å². The number of ether oxygens (including phenoxy) is 2. The quantitative estimate of drug-likeness (QED) is 0.388. The minimum atomic E-state index is -4.88. The van der Waals surface area contributed by atoms with Gasteiger partial charge in [0.2, 0.25) is 5.91 Å². The van der Waals surface area contributed by atoms with Crippen molar-refractivity contribution in [3.05, 3.63) is 87.2 Å². The minimum Gasteiger partial charge on any atom is -0.497 e. The van der Waals surface area contributed by atoms with Crippen molar-refractivity contribution >= 4 is 29.1 Å². The zero-order chi connectivity index (χ0) is 27.6. The van der Waals surface area contributed by atoms with Gasteiger partial charge in [-0.2, -0.15) is 13.2 Å². The first-order chi connectivity index (χ1) is 18.0. The van der Waals surface area contributed by atoms with Crippen molar-refractivity contribution in [2.45, 2.75) is 25.6 Å². The molecule has 1 heterocycles. The molecule has 0 atom stereocenters. The predicted molar refractivity (Wildman–Crippen MR) is 133 cm³/mol. The number of benzene rings is 3. The summed E-state index contributed by atoms with van der Waals surface area (Å²) in [5.74, 6) is -1.55. The number of carbonyl (C=O) groups excluding carboxylic acids is 2. The number of methoxy groups -OCH3 is 2. The molecule has 0 spiro atoms. The number of hydrogen-bond acceptors (Lipinski definition) is 4. The molecule has 0 radical (unpaired) electrons. The maximum atomic E-state index is 14.4. The van der Waals surface area contributed by atoms with E-state index in [1.165, 1.54) is 14.2 Å². The second kappa shape index (κ2) is 10.9. The smallest absolute Gasteiger partial charge is 0.419 e. The van der Waals surface area contributed by atoms with Crippen LogP contribution in [0.2, 0.25) is 5.02 Å². The lowest BCUT2D eigenvalue weighted by molar-refractivity contribution is -0.140. The van der Waals surface area contributed by atoms with Crippen LogP contribution in [0.5, 0.6) is 11.5 Å². The monoisotopic (exact) mass is 550 g/mol. The van der Waals surface area contributed by atoms with Gasteiger partial charge in [0.15, 0.2) is 0 Å². The maximum Gasteiger partial charge on any atom is 0.419 e. The van der Waals surface area contributed by atoms with Crippen molar-refractivity contribution in [2.75, 3.05) is 26.1 Å². The van der Waals surface area contributed by atoms with Crippen LogP contribution in [0, 0.1) is 5.82 Å². The van der Waals surface area contributed by atoms with E-state index in [-0.39, 0.29) is 28.7 Å². The number of carbonyl (C=O) groups is 2. The standard InChI is InChI=1S/C27H23ClF4N2O4/c1-37-17-7-8-19(22(13-17)38-2)26(36)34-11-10-18-16(14-34)6-9-21(28)25(18)33-23(35)12-15-4-3-5-20(24(15)29)27(30,31)32/h3-9,13H,10-12,14H2,1-2H3,(H,33,35). The Morgan fingerprint density at radius 1 is 1.08 bits per heavy atom. The Kier molecular flexibility index (Phi) is 7.82. The summed E-state index contributed by atoms with van der Waals surface area (Å²) >= 11 is 6.34. The first kappa shape index (κ1) is 27.3. The normalized spacial score (nSPS) is 13.1. The van der Waals surface area contributed by atoms with Crippen LogP contribution in [-0.4, -0.2) is 37.5 Å². The highest BCUT2D eigenvalue weighted by molar-refractivity contribution is 6.34. The van der Waals surface area contributed by atoms with E-state index in [1.54, 1.807) is 35.2 Å². The number of nitrogens with one attached hydrogen (secondary N) is 1. The third-order valence-electron chi connectivity index (χ3n) is 6.28. The summed E-state index contributed by atoms with van der Waals surface area (Å²) in [5, 5.41) is 2.84. The fourth-order valence-electron chi connectivity index (χ4n) is 4.37.